The number of aryl methyl sites for hydroxylation is 1. The minimum Gasteiger partial charge on any atom is -0.756 e. The van der Waals surface area contributed by atoms with Crippen LogP contribution in [0.15, 0.2) is 11.7 Å². The smallest absolute Gasteiger partial charge is 0.265 e. The zero-order chi connectivity index (χ0) is 35.8. The molecule has 2 rings (SSSR count). The molecule has 0 spiro atoms. The molecule has 23 heteroatoms. The standard InChI is InChI=1S/C12H17N4O4PS.2C6H13NO5.ClH/c1-8-11(3-4-20-21(17,18)19)22-7-16(8)6-10-5-14-9(2)15-12(10)13;2*7-3(1-8)5(11)6(12)4(10)2-9;/h5,7H,3-4,6H2,1-2H3,(H3-,13,14,15,17,18,19);2*1,3-6,9-12H,2,7H2;1H/t;2*3-,4+,5+,6+;/m.00./s1. The summed E-state index contributed by atoms with van der Waals surface area (Å²) in [7, 11) is -4.66. The van der Waals surface area contributed by atoms with Gasteiger partial charge in [0, 0.05) is 19.5 Å². The van der Waals surface area contributed by atoms with Gasteiger partial charge in [-0.15, -0.1) is 12.4 Å². The van der Waals surface area contributed by atoms with E-state index in [1.807, 2.05) is 17.0 Å². The molecule has 0 aliphatic heterocycles. The van der Waals surface area contributed by atoms with E-state index in [2.05, 4.69) is 14.5 Å². The molecule has 0 aliphatic carbocycles. The van der Waals surface area contributed by atoms with E-state index in [1.165, 1.54) is 11.3 Å². The van der Waals surface area contributed by atoms with E-state index in [1.54, 1.807) is 13.1 Å². The third kappa shape index (κ3) is 17.2. The first-order chi connectivity index (χ1) is 21.3. The summed E-state index contributed by atoms with van der Waals surface area (Å²) >= 11 is 1.48. The van der Waals surface area contributed by atoms with Gasteiger partial charge in [0.1, 0.15) is 60.8 Å². The highest BCUT2D eigenvalue weighted by Crippen LogP contribution is 2.30. The number of hydrogen-bond donors (Lipinski definition) is 12. The molecule has 2 aromatic rings. The number of phosphoric ester groups is 1. The first kappa shape index (κ1) is 47.0. The number of halogens is 1. The first-order valence-electron chi connectivity index (χ1n) is 13.3. The van der Waals surface area contributed by atoms with E-state index in [4.69, 9.17) is 62.9 Å². The molecule has 47 heavy (non-hydrogen) atoms. The summed E-state index contributed by atoms with van der Waals surface area (Å²) < 4.78 is 16.9. The van der Waals surface area contributed by atoms with Crippen LogP contribution in [0.5, 0.6) is 0 Å². The number of nitrogens with two attached hydrogens (primary N) is 3. The lowest BCUT2D eigenvalue weighted by molar-refractivity contribution is -0.689. The van der Waals surface area contributed by atoms with Crippen molar-refractivity contribution in [2.24, 2.45) is 11.5 Å². The lowest BCUT2D eigenvalue weighted by Crippen LogP contribution is -2.49. The average Bonchev–Trinajstić information content (AvgIpc) is 3.37. The van der Waals surface area contributed by atoms with E-state index in [9.17, 15) is 19.0 Å². The maximum absolute atomic E-state index is 10.5. The van der Waals surface area contributed by atoms with Gasteiger partial charge in [-0.3, -0.25) is 4.57 Å². The molecular formula is C24H44ClN6O14PS. The summed E-state index contributed by atoms with van der Waals surface area (Å²) in [4.78, 5) is 48.4. The van der Waals surface area contributed by atoms with Gasteiger partial charge in [0.05, 0.1) is 42.3 Å². The van der Waals surface area contributed by atoms with Crippen molar-refractivity contribution in [2.45, 2.75) is 75.5 Å². The fourth-order valence-electron chi connectivity index (χ4n) is 3.21. The van der Waals surface area contributed by atoms with Crippen LogP contribution in [-0.2, 0) is 31.6 Å². The summed E-state index contributed by atoms with van der Waals surface area (Å²) in [5.41, 5.74) is 19.7. The molecule has 272 valence electrons. The van der Waals surface area contributed by atoms with Crippen LogP contribution in [0.2, 0.25) is 0 Å². The van der Waals surface area contributed by atoms with Crippen LogP contribution in [0.1, 0.15) is 22.0 Å². The molecule has 0 amide bonds. The number of aliphatic hydroxyl groups excluding tert-OH is 8. The van der Waals surface area contributed by atoms with Crippen LogP contribution in [0, 0.1) is 13.8 Å². The third-order valence-electron chi connectivity index (χ3n) is 6.06. The Bertz CT molecular complexity index is 1210. The summed E-state index contributed by atoms with van der Waals surface area (Å²) in [5.74, 6) is 1.07. The van der Waals surface area contributed by atoms with Gasteiger partial charge in [-0.2, -0.15) is 4.57 Å². The van der Waals surface area contributed by atoms with Gasteiger partial charge in [-0.05, 0) is 6.92 Å². The van der Waals surface area contributed by atoms with Crippen molar-refractivity contribution in [3.8, 4) is 0 Å². The Kier molecular flexibility index (Phi) is 23.2. The van der Waals surface area contributed by atoms with E-state index in [0.29, 0.717) is 24.6 Å². The lowest BCUT2D eigenvalue weighted by Gasteiger charge is -2.23. The molecule has 15 N–H and O–H groups in total. The van der Waals surface area contributed by atoms with E-state index in [0.717, 1.165) is 16.1 Å². The number of hydrogen-bond acceptors (Lipinski definition) is 19. The second-order valence-corrected chi connectivity index (χ2v) is 11.8. The predicted octanol–water partition coefficient (Wildman–Crippen LogP) is -6.31. The van der Waals surface area contributed by atoms with Crippen molar-refractivity contribution < 1.29 is 73.9 Å². The monoisotopic (exact) mass is 738 g/mol. The Labute approximate surface area is 279 Å². The highest BCUT2D eigenvalue weighted by Gasteiger charge is 2.29. The van der Waals surface area contributed by atoms with Crippen molar-refractivity contribution in [3.63, 3.8) is 0 Å². The van der Waals surface area contributed by atoms with Crippen molar-refractivity contribution in [1.82, 2.24) is 9.97 Å². The minimum absolute atomic E-state index is 0. The number of aldehydes is 2. The quantitative estimate of drug-likeness (QED) is 0.0433. The Morgan fingerprint density at radius 2 is 1.45 bits per heavy atom. The molecule has 0 fully saturated rings. The number of nitrogen functional groups attached to an aromatic ring is 1. The minimum atomic E-state index is -4.66. The summed E-state index contributed by atoms with van der Waals surface area (Å²) in [6.07, 6.45) is -6.76. The lowest BCUT2D eigenvalue weighted by atomic mass is 10.0. The van der Waals surface area contributed by atoms with Crippen molar-refractivity contribution in [3.05, 3.63) is 33.7 Å². The second-order valence-electron chi connectivity index (χ2n) is 9.63. The summed E-state index contributed by atoms with van der Waals surface area (Å²) in [6, 6.07) is -2.53. The number of anilines is 1. The number of carbonyl (C=O) groups is 2. The van der Waals surface area contributed by atoms with Crippen LogP contribution in [0.3, 0.4) is 0 Å². The van der Waals surface area contributed by atoms with Gasteiger partial charge in [-0.1, -0.05) is 11.3 Å². The highest BCUT2D eigenvalue weighted by molar-refractivity contribution is 7.44. The molecule has 0 aliphatic rings. The summed E-state index contributed by atoms with van der Waals surface area (Å²) in [6.45, 7) is 2.74. The first-order valence-corrected chi connectivity index (χ1v) is 15.7. The van der Waals surface area contributed by atoms with Gasteiger partial charge in [0.15, 0.2) is 12.2 Å². The highest BCUT2D eigenvalue weighted by atomic mass is 35.5. The second kappa shape index (κ2) is 23.2. The number of thiazole rings is 1. The predicted molar refractivity (Wildman–Crippen MR) is 165 cm³/mol. The number of phosphoric acid groups is 1. The largest absolute Gasteiger partial charge is 0.756 e. The molecule has 0 aromatic carbocycles. The Morgan fingerprint density at radius 1 is 0.979 bits per heavy atom. The molecule has 0 radical (unpaired) electrons. The number of rotatable bonds is 16. The fourth-order valence-corrected chi connectivity index (χ4v) is 4.50. The van der Waals surface area contributed by atoms with Crippen LogP contribution >= 0.6 is 31.6 Å². The van der Waals surface area contributed by atoms with Crippen molar-refractivity contribution in [1.29, 1.82) is 0 Å². The molecular weight excluding hydrogens is 695 g/mol. The van der Waals surface area contributed by atoms with Gasteiger partial charge >= 0.3 is 0 Å². The van der Waals surface area contributed by atoms with Crippen LogP contribution in [0.4, 0.5) is 5.82 Å². The molecule has 2 heterocycles. The maximum Gasteiger partial charge on any atom is 0.265 e. The number of aromatic nitrogens is 3. The number of aliphatic hydroxyl groups is 8. The number of nitrogens with zero attached hydrogens (tertiary/aromatic N) is 3. The topological polar surface area (TPSA) is 373 Å². The van der Waals surface area contributed by atoms with E-state index >= 15 is 0 Å². The number of carbonyl (C=O) groups excluding carboxylic acids is 2. The molecule has 0 saturated heterocycles. The molecule has 0 saturated carbocycles. The Hall–Kier alpha value is -2.15. The third-order valence-corrected chi connectivity index (χ3v) is 7.72. The molecule has 9 atom stereocenters. The molecule has 1 unspecified atom stereocenters. The zero-order valence-corrected chi connectivity index (χ0v) is 27.9. The van der Waals surface area contributed by atoms with Crippen LogP contribution in [0.25, 0.3) is 0 Å². The van der Waals surface area contributed by atoms with Gasteiger partial charge in [-0.25, -0.2) is 9.97 Å². The van der Waals surface area contributed by atoms with Gasteiger partial charge in [0.25, 0.3) is 7.82 Å². The normalized spacial score (nSPS) is 17.3. The Morgan fingerprint density at radius 3 is 1.83 bits per heavy atom. The van der Waals surface area contributed by atoms with Crippen molar-refractivity contribution in [2.75, 3.05) is 25.6 Å². The summed E-state index contributed by atoms with van der Waals surface area (Å²) in [5, 5.41) is 70.3. The SMILES string of the molecule is Cc1ncc(C[n+]2csc(CCOP(=O)([O-])O)c2C)c(N)n1.Cl.N[C@@H](C=O)[C@@H](O)[C@H](O)[C@H](O)CO.N[C@@H](C=O)[C@@H](O)[C@H](O)[C@H](O)CO. The van der Waals surface area contributed by atoms with Crippen LogP contribution < -0.4 is 26.7 Å². The maximum atomic E-state index is 10.5. The molecule has 2 aromatic heterocycles. The zero-order valence-electron chi connectivity index (χ0n) is 25.4. The van der Waals surface area contributed by atoms with Gasteiger partial charge in [0.2, 0.25) is 5.51 Å². The van der Waals surface area contributed by atoms with Crippen molar-refractivity contribution >= 4 is 50.0 Å². The average molecular weight is 739 g/mol. The van der Waals surface area contributed by atoms with E-state index in [-0.39, 0.29) is 31.6 Å². The molecule has 20 nitrogen and oxygen atoms in total. The Balaban J connectivity index is 0. The van der Waals surface area contributed by atoms with E-state index < -0.39 is 69.7 Å². The fraction of sp³-hybridized carbons (Fsp3) is 0.625. The van der Waals surface area contributed by atoms with Gasteiger partial charge < -0.3 is 82.0 Å². The van der Waals surface area contributed by atoms with Crippen LogP contribution in [-0.4, -0.2) is 137 Å². The molecule has 0 bridgehead atoms.